The zero-order chi connectivity index (χ0) is 12.0. The molecule has 1 aromatic rings. The van der Waals surface area contributed by atoms with Gasteiger partial charge in [0, 0.05) is 5.02 Å². The molecule has 3 atom stereocenters. The summed E-state index contributed by atoms with van der Waals surface area (Å²) in [6.07, 6.45) is 3.98. The van der Waals surface area contributed by atoms with Crippen molar-refractivity contribution in [2.45, 2.75) is 24.6 Å². The van der Waals surface area contributed by atoms with Crippen molar-refractivity contribution in [3.8, 4) is 5.75 Å². The average Bonchev–Trinajstić information content (AvgIpc) is 2.95. The van der Waals surface area contributed by atoms with Crippen LogP contribution in [0.4, 0.5) is 0 Å². The summed E-state index contributed by atoms with van der Waals surface area (Å²) in [5, 5.41) is 0.783. The number of ether oxygens (including phenoxy) is 1. The molecule has 0 spiro atoms. The van der Waals surface area contributed by atoms with Gasteiger partial charge >= 0.3 is 0 Å². The zero-order valence-corrected chi connectivity index (χ0v) is 11.3. The Hall–Kier alpha value is -0.400. The molecule has 3 unspecified atom stereocenters. The van der Waals surface area contributed by atoms with Crippen LogP contribution in [0.15, 0.2) is 18.2 Å². The maximum absolute atomic E-state index is 6.57. The molecule has 92 valence electrons. The third-order valence-electron chi connectivity index (χ3n) is 4.20. The van der Waals surface area contributed by atoms with Gasteiger partial charge in [0.05, 0.1) is 12.5 Å². The number of alkyl halides is 1. The summed E-state index contributed by atoms with van der Waals surface area (Å²) in [5.74, 6) is 3.31. The van der Waals surface area contributed by atoms with E-state index in [4.69, 9.17) is 27.9 Å². The molecule has 0 amide bonds. The van der Waals surface area contributed by atoms with Gasteiger partial charge in [-0.15, -0.1) is 11.6 Å². The minimum atomic E-state index is 0.0567. The van der Waals surface area contributed by atoms with E-state index in [1.807, 2.05) is 18.2 Å². The molecule has 17 heavy (non-hydrogen) atoms. The van der Waals surface area contributed by atoms with E-state index in [-0.39, 0.29) is 5.38 Å². The second kappa shape index (κ2) is 4.37. The van der Waals surface area contributed by atoms with E-state index in [0.29, 0.717) is 5.92 Å². The van der Waals surface area contributed by atoms with E-state index in [0.717, 1.165) is 28.2 Å². The summed E-state index contributed by atoms with van der Waals surface area (Å²) in [6, 6.07) is 5.79. The number of rotatable bonds is 3. The lowest BCUT2D eigenvalue weighted by molar-refractivity contribution is 0.414. The Labute approximate surface area is 112 Å². The van der Waals surface area contributed by atoms with E-state index < -0.39 is 0 Å². The normalized spacial score (nSPS) is 32.1. The monoisotopic (exact) mass is 270 g/mol. The van der Waals surface area contributed by atoms with Crippen LogP contribution in [0.1, 0.15) is 30.2 Å². The number of fused-ring (bicyclic) bond motifs is 1. The van der Waals surface area contributed by atoms with Gasteiger partial charge in [0.2, 0.25) is 0 Å². The molecular weight excluding hydrogens is 255 g/mol. The molecule has 2 saturated carbocycles. The van der Waals surface area contributed by atoms with Crippen LogP contribution >= 0.6 is 23.2 Å². The first-order valence-electron chi connectivity index (χ1n) is 6.16. The number of hydrogen-bond donors (Lipinski definition) is 0. The molecule has 0 N–H and O–H groups in total. The molecule has 1 nitrogen and oxygen atoms in total. The molecule has 0 heterocycles. The van der Waals surface area contributed by atoms with Gasteiger partial charge in [-0.25, -0.2) is 0 Å². The summed E-state index contributed by atoms with van der Waals surface area (Å²) in [6.45, 7) is 0. The standard InChI is InChI=1S/C14H16Cl2O/c1-17-11-2-3-12(13(15)7-11)14(16)10-5-8-4-9(8)6-10/h2-3,7-10,14H,4-6H2,1H3. The van der Waals surface area contributed by atoms with E-state index >= 15 is 0 Å². The molecule has 0 bridgehead atoms. The molecule has 2 aliphatic carbocycles. The zero-order valence-electron chi connectivity index (χ0n) is 9.83. The van der Waals surface area contributed by atoms with Crippen molar-refractivity contribution in [2.24, 2.45) is 17.8 Å². The van der Waals surface area contributed by atoms with E-state index in [2.05, 4.69) is 0 Å². The van der Waals surface area contributed by atoms with E-state index in [1.54, 1.807) is 7.11 Å². The van der Waals surface area contributed by atoms with Crippen LogP contribution in [0, 0.1) is 17.8 Å². The second-order valence-corrected chi connectivity index (χ2v) is 6.15. The van der Waals surface area contributed by atoms with Gasteiger partial charge < -0.3 is 4.74 Å². The Morgan fingerprint density at radius 2 is 1.94 bits per heavy atom. The van der Waals surface area contributed by atoms with Gasteiger partial charge in [0.15, 0.2) is 0 Å². The van der Waals surface area contributed by atoms with Gasteiger partial charge in [-0.3, -0.25) is 0 Å². The Kier molecular flexibility index (Phi) is 3.00. The van der Waals surface area contributed by atoms with Crippen LogP contribution in [-0.4, -0.2) is 7.11 Å². The first-order valence-corrected chi connectivity index (χ1v) is 6.98. The van der Waals surface area contributed by atoms with Crippen molar-refractivity contribution in [3.63, 3.8) is 0 Å². The van der Waals surface area contributed by atoms with E-state index in [9.17, 15) is 0 Å². The summed E-state index contributed by atoms with van der Waals surface area (Å²) in [4.78, 5) is 0. The summed E-state index contributed by atoms with van der Waals surface area (Å²) in [5.41, 5.74) is 1.06. The molecule has 3 rings (SSSR count). The Balaban J connectivity index is 1.78. The SMILES string of the molecule is COc1ccc(C(Cl)C2CC3CC3C2)c(Cl)c1. The summed E-state index contributed by atoms with van der Waals surface area (Å²) >= 11 is 12.8. The Bertz CT molecular complexity index is 422. The predicted octanol–water partition coefficient (Wildman–Crippen LogP) is 4.67. The number of hydrogen-bond acceptors (Lipinski definition) is 1. The van der Waals surface area contributed by atoms with Crippen molar-refractivity contribution in [1.29, 1.82) is 0 Å². The summed E-state index contributed by atoms with van der Waals surface area (Å²) < 4.78 is 5.15. The lowest BCUT2D eigenvalue weighted by Gasteiger charge is -2.20. The quantitative estimate of drug-likeness (QED) is 0.725. The third-order valence-corrected chi connectivity index (χ3v) is 5.12. The highest BCUT2D eigenvalue weighted by Gasteiger charge is 2.47. The lowest BCUT2D eigenvalue weighted by atomic mass is 9.94. The molecule has 0 radical (unpaired) electrons. The third kappa shape index (κ3) is 2.15. The molecule has 0 aliphatic heterocycles. The van der Waals surface area contributed by atoms with Gasteiger partial charge in [0.25, 0.3) is 0 Å². The lowest BCUT2D eigenvalue weighted by Crippen LogP contribution is -2.06. The van der Waals surface area contributed by atoms with Crippen molar-refractivity contribution in [2.75, 3.05) is 7.11 Å². The Morgan fingerprint density at radius 1 is 1.24 bits per heavy atom. The minimum Gasteiger partial charge on any atom is -0.497 e. The summed E-state index contributed by atoms with van der Waals surface area (Å²) in [7, 11) is 1.65. The first kappa shape index (κ1) is 11.7. The van der Waals surface area contributed by atoms with Crippen LogP contribution in [-0.2, 0) is 0 Å². The molecule has 2 aliphatic rings. The maximum Gasteiger partial charge on any atom is 0.120 e. The highest BCUT2D eigenvalue weighted by Crippen LogP contribution is 2.58. The van der Waals surface area contributed by atoms with Gasteiger partial charge in [-0.1, -0.05) is 17.7 Å². The predicted molar refractivity (Wildman–Crippen MR) is 70.9 cm³/mol. The smallest absolute Gasteiger partial charge is 0.120 e. The van der Waals surface area contributed by atoms with Crippen molar-refractivity contribution in [3.05, 3.63) is 28.8 Å². The van der Waals surface area contributed by atoms with Crippen LogP contribution < -0.4 is 4.74 Å². The molecule has 3 heteroatoms. The maximum atomic E-state index is 6.57. The van der Waals surface area contributed by atoms with Crippen LogP contribution in [0.3, 0.4) is 0 Å². The largest absolute Gasteiger partial charge is 0.497 e. The van der Waals surface area contributed by atoms with Crippen molar-refractivity contribution >= 4 is 23.2 Å². The fourth-order valence-corrected chi connectivity index (χ4v) is 3.85. The minimum absolute atomic E-state index is 0.0567. The highest BCUT2D eigenvalue weighted by molar-refractivity contribution is 6.33. The van der Waals surface area contributed by atoms with E-state index in [1.165, 1.54) is 19.3 Å². The second-order valence-electron chi connectivity index (χ2n) is 5.28. The van der Waals surface area contributed by atoms with Crippen LogP contribution in [0.25, 0.3) is 0 Å². The molecule has 2 fully saturated rings. The van der Waals surface area contributed by atoms with Crippen molar-refractivity contribution < 1.29 is 4.74 Å². The van der Waals surface area contributed by atoms with Gasteiger partial charge in [-0.05, 0) is 54.7 Å². The van der Waals surface area contributed by atoms with Crippen molar-refractivity contribution in [1.82, 2.24) is 0 Å². The van der Waals surface area contributed by atoms with Crippen LogP contribution in [0.2, 0.25) is 5.02 Å². The number of halogens is 2. The number of methoxy groups -OCH3 is 1. The Morgan fingerprint density at radius 3 is 2.53 bits per heavy atom. The van der Waals surface area contributed by atoms with Gasteiger partial charge in [-0.2, -0.15) is 0 Å². The fourth-order valence-electron chi connectivity index (χ4n) is 3.11. The van der Waals surface area contributed by atoms with Crippen LogP contribution in [0.5, 0.6) is 5.75 Å². The number of benzene rings is 1. The molecule has 1 aromatic carbocycles. The first-order chi connectivity index (χ1) is 8.19. The average molecular weight is 271 g/mol. The molecular formula is C14H16Cl2O. The topological polar surface area (TPSA) is 9.23 Å². The van der Waals surface area contributed by atoms with Gasteiger partial charge in [0.1, 0.15) is 5.75 Å². The highest BCUT2D eigenvalue weighted by atomic mass is 35.5. The molecule has 0 saturated heterocycles. The molecule has 0 aromatic heterocycles. The fraction of sp³-hybridized carbons (Fsp3) is 0.571.